The monoisotopic (exact) mass is 413 g/mol. The van der Waals surface area contributed by atoms with Gasteiger partial charge in [-0.2, -0.15) is 0 Å². The van der Waals surface area contributed by atoms with Crippen molar-refractivity contribution in [3.05, 3.63) is 50.9 Å². The van der Waals surface area contributed by atoms with E-state index in [0.29, 0.717) is 6.61 Å². The van der Waals surface area contributed by atoms with Crippen LogP contribution in [0.2, 0.25) is 0 Å². The molecule has 0 fully saturated rings. The van der Waals surface area contributed by atoms with Gasteiger partial charge < -0.3 is 14.8 Å². The van der Waals surface area contributed by atoms with Gasteiger partial charge in [0.05, 0.1) is 13.7 Å². The van der Waals surface area contributed by atoms with Gasteiger partial charge in [-0.25, -0.2) is 0 Å². The summed E-state index contributed by atoms with van der Waals surface area (Å²) in [4.78, 5) is 0. The Morgan fingerprint density at radius 1 is 1.00 bits per heavy atom. The standard InChI is InChI=1S/C16H17Br2NO2/c1-3-21-15-7-5-12(9-16(15)20-2)19-10-11-4-6-13(17)14(18)8-11/h4-9,19H,3,10H2,1-2H3. The smallest absolute Gasteiger partial charge is 0.162 e. The van der Waals surface area contributed by atoms with Crippen molar-refractivity contribution < 1.29 is 9.47 Å². The number of methoxy groups -OCH3 is 1. The zero-order valence-electron chi connectivity index (χ0n) is 12.0. The summed E-state index contributed by atoms with van der Waals surface area (Å²) in [7, 11) is 1.65. The van der Waals surface area contributed by atoms with E-state index in [1.807, 2.05) is 31.2 Å². The largest absolute Gasteiger partial charge is 0.493 e. The molecule has 0 aliphatic rings. The minimum absolute atomic E-state index is 0.621. The van der Waals surface area contributed by atoms with Gasteiger partial charge in [-0.3, -0.25) is 0 Å². The normalized spacial score (nSPS) is 10.3. The van der Waals surface area contributed by atoms with Crippen molar-refractivity contribution in [3.8, 4) is 11.5 Å². The van der Waals surface area contributed by atoms with E-state index in [4.69, 9.17) is 9.47 Å². The van der Waals surface area contributed by atoms with Crippen molar-refractivity contribution in [2.45, 2.75) is 13.5 Å². The summed E-state index contributed by atoms with van der Waals surface area (Å²) in [6.07, 6.45) is 0. The molecule has 2 rings (SSSR count). The van der Waals surface area contributed by atoms with Gasteiger partial charge in [-0.15, -0.1) is 0 Å². The zero-order chi connectivity index (χ0) is 15.2. The van der Waals surface area contributed by atoms with Crippen LogP contribution in [-0.4, -0.2) is 13.7 Å². The lowest BCUT2D eigenvalue weighted by molar-refractivity contribution is 0.311. The SMILES string of the molecule is CCOc1ccc(NCc2ccc(Br)c(Br)c2)cc1OC. The maximum Gasteiger partial charge on any atom is 0.162 e. The summed E-state index contributed by atoms with van der Waals surface area (Å²) in [5.74, 6) is 1.50. The van der Waals surface area contributed by atoms with Crippen LogP contribution in [0.25, 0.3) is 0 Å². The third-order valence-corrected chi connectivity index (χ3v) is 4.82. The maximum absolute atomic E-state index is 5.51. The van der Waals surface area contributed by atoms with Gasteiger partial charge in [-0.1, -0.05) is 6.07 Å². The van der Waals surface area contributed by atoms with E-state index >= 15 is 0 Å². The molecular weight excluding hydrogens is 398 g/mol. The number of benzene rings is 2. The molecular formula is C16H17Br2NO2. The Bertz CT molecular complexity index is 617. The predicted octanol–water partition coefficient (Wildman–Crippen LogP) is 5.23. The maximum atomic E-state index is 5.51. The molecule has 0 amide bonds. The number of rotatable bonds is 6. The first-order valence-corrected chi connectivity index (χ1v) is 8.21. The molecule has 3 nitrogen and oxygen atoms in total. The van der Waals surface area contributed by atoms with Gasteiger partial charge in [0.25, 0.3) is 0 Å². The number of ether oxygens (including phenoxy) is 2. The van der Waals surface area contributed by atoms with Crippen molar-refractivity contribution in [3.63, 3.8) is 0 Å². The van der Waals surface area contributed by atoms with Crippen LogP contribution in [0, 0.1) is 0 Å². The molecule has 0 saturated heterocycles. The molecule has 21 heavy (non-hydrogen) atoms. The quantitative estimate of drug-likeness (QED) is 0.701. The molecule has 2 aromatic carbocycles. The Balaban J connectivity index is 2.07. The van der Waals surface area contributed by atoms with Gasteiger partial charge in [0, 0.05) is 27.2 Å². The van der Waals surface area contributed by atoms with Crippen molar-refractivity contribution in [1.82, 2.24) is 0 Å². The van der Waals surface area contributed by atoms with E-state index in [9.17, 15) is 0 Å². The van der Waals surface area contributed by atoms with E-state index in [0.717, 1.165) is 32.7 Å². The highest BCUT2D eigenvalue weighted by molar-refractivity contribution is 9.13. The number of anilines is 1. The number of halogens is 2. The molecule has 0 spiro atoms. The summed E-state index contributed by atoms with van der Waals surface area (Å²) in [6.45, 7) is 3.32. The van der Waals surface area contributed by atoms with Crippen LogP contribution in [0.5, 0.6) is 11.5 Å². The highest BCUT2D eigenvalue weighted by Gasteiger charge is 2.05. The molecule has 1 N–H and O–H groups in total. The second-order valence-electron chi connectivity index (χ2n) is 4.40. The van der Waals surface area contributed by atoms with E-state index in [2.05, 4.69) is 49.3 Å². The predicted molar refractivity (Wildman–Crippen MR) is 93.3 cm³/mol. The fraction of sp³-hybridized carbons (Fsp3) is 0.250. The lowest BCUT2D eigenvalue weighted by Gasteiger charge is -2.12. The summed E-state index contributed by atoms with van der Waals surface area (Å²) in [5.41, 5.74) is 2.19. The Morgan fingerprint density at radius 2 is 1.81 bits per heavy atom. The van der Waals surface area contributed by atoms with Crippen LogP contribution in [0.15, 0.2) is 45.3 Å². The van der Waals surface area contributed by atoms with Crippen LogP contribution >= 0.6 is 31.9 Å². The number of nitrogens with one attached hydrogen (secondary N) is 1. The lowest BCUT2D eigenvalue weighted by Crippen LogP contribution is -2.01. The topological polar surface area (TPSA) is 30.5 Å². The molecule has 0 aromatic heterocycles. The molecule has 0 aliphatic heterocycles. The zero-order valence-corrected chi connectivity index (χ0v) is 15.1. The molecule has 0 atom stereocenters. The van der Waals surface area contributed by atoms with Gasteiger partial charge in [0.2, 0.25) is 0 Å². The molecule has 2 aromatic rings. The average Bonchev–Trinajstić information content (AvgIpc) is 2.49. The van der Waals surface area contributed by atoms with Crippen molar-refractivity contribution in [1.29, 1.82) is 0 Å². The second kappa shape index (κ2) is 7.71. The van der Waals surface area contributed by atoms with Gasteiger partial charge in [0.1, 0.15) is 0 Å². The highest BCUT2D eigenvalue weighted by Crippen LogP contribution is 2.30. The Hall–Kier alpha value is -1.20. The molecule has 112 valence electrons. The Labute approximate surface area is 141 Å². The van der Waals surface area contributed by atoms with Crippen molar-refractivity contribution >= 4 is 37.5 Å². The first kappa shape index (κ1) is 16.2. The Morgan fingerprint density at radius 3 is 2.48 bits per heavy atom. The van der Waals surface area contributed by atoms with Crippen LogP contribution in [0.3, 0.4) is 0 Å². The average molecular weight is 415 g/mol. The minimum atomic E-state index is 0.621. The van der Waals surface area contributed by atoms with Crippen LogP contribution in [0.4, 0.5) is 5.69 Å². The minimum Gasteiger partial charge on any atom is -0.493 e. The number of hydrogen-bond donors (Lipinski definition) is 1. The fourth-order valence-electron chi connectivity index (χ4n) is 1.91. The third kappa shape index (κ3) is 4.38. The van der Waals surface area contributed by atoms with Crippen molar-refractivity contribution in [2.75, 3.05) is 19.0 Å². The summed E-state index contributed by atoms with van der Waals surface area (Å²) in [6, 6.07) is 12.0. The highest BCUT2D eigenvalue weighted by atomic mass is 79.9. The van der Waals surface area contributed by atoms with Crippen LogP contribution in [0.1, 0.15) is 12.5 Å². The second-order valence-corrected chi connectivity index (χ2v) is 6.11. The third-order valence-electron chi connectivity index (χ3n) is 2.94. The molecule has 0 aliphatic carbocycles. The Kier molecular flexibility index (Phi) is 5.94. The summed E-state index contributed by atoms with van der Waals surface area (Å²) >= 11 is 6.98. The van der Waals surface area contributed by atoms with Crippen LogP contribution in [-0.2, 0) is 6.54 Å². The lowest BCUT2D eigenvalue weighted by atomic mass is 10.2. The first-order chi connectivity index (χ1) is 10.1. The molecule has 0 radical (unpaired) electrons. The first-order valence-electron chi connectivity index (χ1n) is 6.62. The van der Waals surface area contributed by atoms with Crippen molar-refractivity contribution in [2.24, 2.45) is 0 Å². The molecule has 0 heterocycles. The van der Waals surface area contributed by atoms with E-state index in [1.54, 1.807) is 7.11 Å². The van der Waals surface area contributed by atoms with E-state index in [1.165, 1.54) is 5.56 Å². The van der Waals surface area contributed by atoms with Gasteiger partial charge in [0.15, 0.2) is 11.5 Å². The molecule has 5 heteroatoms. The molecule has 0 bridgehead atoms. The van der Waals surface area contributed by atoms with E-state index in [-0.39, 0.29) is 0 Å². The van der Waals surface area contributed by atoms with Gasteiger partial charge >= 0.3 is 0 Å². The van der Waals surface area contributed by atoms with Crippen LogP contribution < -0.4 is 14.8 Å². The molecule has 0 saturated carbocycles. The van der Waals surface area contributed by atoms with E-state index < -0.39 is 0 Å². The number of hydrogen-bond acceptors (Lipinski definition) is 3. The van der Waals surface area contributed by atoms with Gasteiger partial charge in [-0.05, 0) is 68.6 Å². The fourth-order valence-corrected chi connectivity index (χ4v) is 2.58. The molecule has 0 unspecified atom stereocenters. The summed E-state index contributed by atoms with van der Waals surface area (Å²) in [5, 5.41) is 3.38. The summed E-state index contributed by atoms with van der Waals surface area (Å²) < 4.78 is 13.0.